The molecule has 1 aromatic carbocycles. The smallest absolute Gasteiger partial charge is 0.699 e. The Morgan fingerprint density at radius 3 is 1.67 bits per heavy atom. The Morgan fingerprint density at radius 2 is 1.44 bits per heavy atom. The summed E-state index contributed by atoms with van der Waals surface area (Å²) < 4.78 is 0. The fourth-order valence-corrected chi connectivity index (χ4v) is 0.438. The fourth-order valence-electron chi connectivity index (χ4n) is 0.438. The molecule has 1 nitrogen and oxygen atoms in total. The van der Waals surface area contributed by atoms with Crippen molar-refractivity contribution in [3.63, 3.8) is 0 Å². The molecule has 0 aliphatic carbocycles. The van der Waals surface area contributed by atoms with Crippen LogP contribution in [0.3, 0.4) is 0 Å². The molecule has 0 unspecified atom stereocenters. The molecule has 0 heterocycles. The molecular formula is C7H9MgN. The third-order valence-electron chi connectivity index (χ3n) is 0.774. The zero-order chi connectivity index (χ0) is 5.11. The van der Waals surface area contributed by atoms with Gasteiger partial charge < -0.3 is 13.2 Å². The third-order valence-corrected chi connectivity index (χ3v) is 0.774. The van der Waals surface area contributed by atoms with Crippen molar-refractivity contribution in [2.75, 3.05) is 0 Å². The molecule has 0 saturated heterocycles. The Labute approximate surface area is 72.4 Å². The summed E-state index contributed by atoms with van der Waals surface area (Å²) in [6.45, 7) is 0. The molecule has 0 aliphatic rings. The molecule has 0 saturated carbocycles. The zero-order valence-electron chi connectivity index (χ0n) is 5.59. The Bertz CT molecular complexity index is 139. The fraction of sp³-hybridized carbons (Fsp3) is 0. The van der Waals surface area contributed by atoms with Gasteiger partial charge >= 0.3 is 23.1 Å². The van der Waals surface area contributed by atoms with Gasteiger partial charge in [-0.2, -0.15) is 0 Å². The zero-order valence-corrected chi connectivity index (χ0v) is 7.01. The van der Waals surface area contributed by atoms with Gasteiger partial charge in [0.05, 0.1) is 0 Å². The minimum atomic E-state index is 0. The molecule has 0 radical (unpaired) electrons. The van der Waals surface area contributed by atoms with Gasteiger partial charge in [0, 0.05) is 0 Å². The van der Waals surface area contributed by atoms with E-state index in [9.17, 15) is 0 Å². The van der Waals surface area contributed by atoms with E-state index in [4.69, 9.17) is 5.73 Å². The van der Waals surface area contributed by atoms with Gasteiger partial charge in [0.15, 0.2) is 0 Å². The van der Waals surface area contributed by atoms with Crippen molar-refractivity contribution in [1.82, 2.24) is 0 Å². The number of rotatable bonds is 0. The van der Waals surface area contributed by atoms with Crippen LogP contribution in [0.4, 0.5) is 5.69 Å². The quantitative estimate of drug-likeness (QED) is 0.381. The van der Waals surface area contributed by atoms with Gasteiger partial charge in [-0.15, -0.1) is 5.69 Å². The van der Waals surface area contributed by atoms with Crippen molar-refractivity contribution in [2.24, 2.45) is 0 Å². The van der Waals surface area contributed by atoms with Crippen molar-refractivity contribution in [2.45, 2.75) is 0 Å². The number of hydrogen-bond donors (Lipinski definition) is 0. The monoisotopic (exact) mass is 131 g/mol. The van der Waals surface area contributed by atoms with Crippen LogP contribution in [0.1, 0.15) is 0 Å². The minimum absolute atomic E-state index is 0. The molecule has 1 aromatic rings. The van der Waals surface area contributed by atoms with Crippen molar-refractivity contribution in [3.8, 4) is 0 Å². The van der Waals surface area contributed by atoms with Crippen molar-refractivity contribution >= 4 is 28.7 Å². The maximum Gasteiger partial charge on any atom is 2.00 e. The van der Waals surface area contributed by atoms with E-state index < -0.39 is 0 Å². The average molecular weight is 131 g/mol. The maximum absolute atomic E-state index is 7.00. The Morgan fingerprint density at radius 1 is 1.00 bits per heavy atom. The molecule has 1 rings (SSSR count). The van der Waals surface area contributed by atoms with Gasteiger partial charge in [0.25, 0.3) is 0 Å². The van der Waals surface area contributed by atoms with Gasteiger partial charge in [-0.25, -0.2) is 0 Å². The van der Waals surface area contributed by atoms with Gasteiger partial charge in [0.2, 0.25) is 0 Å². The first-order chi connectivity index (χ1) is 3.39. The van der Waals surface area contributed by atoms with Crippen LogP contribution in [-0.4, -0.2) is 23.1 Å². The topological polar surface area (TPSA) is 23.8 Å². The molecule has 2 heteroatoms. The van der Waals surface area contributed by atoms with Gasteiger partial charge in [-0.1, -0.05) is 30.3 Å². The second kappa shape index (κ2) is 5.91. The van der Waals surface area contributed by atoms with E-state index in [1.54, 1.807) is 12.1 Å². The first kappa shape index (κ1) is 11.6. The van der Waals surface area contributed by atoms with E-state index in [1.165, 1.54) is 0 Å². The van der Waals surface area contributed by atoms with Crippen LogP contribution in [-0.2, 0) is 0 Å². The molecule has 0 bridgehead atoms. The van der Waals surface area contributed by atoms with Crippen molar-refractivity contribution < 1.29 is 0 Å². The third kappa shape index (κ3) is 4.30. The number of benzene rings is 1. The SMILES string of the molecule is [CH3-].[Mg+2].[NH-]c1ccccc1. The average Bonchev–Trinajstić information content (AvgIpc) is 1.69. The summed E-state index contributed by atoms with van der Waals surface area (Å²) >= 11 is 0. The van der Waals surface area contributed by atoms with Gasteiger partial charge in [-0.3, -0.25) is 0 Å². The van der Waals surface area contributed by atoms with E-state index in [-0.39, 0.29) is 30.5 Å². The Kier molecular flexibility index (Phi) is 7.60. The summed E-state index contributed by atoms with van der Waals surface area (Å²) in [4.78, 5) is 0. The number of hydrogen-bond acceptors (Lipinski definition) is 0. The second-order valence-corrected chi connectivity index (χ2v) is 1.37. The summed E-state index contributed by atoms with van der Waals surface area (Å²) in [6.07, 6.45) is 0. The van der Waals surface area contributed by atoms with Crippen LogP contribution < -0.4 is 0 Å². The molecule has 0 spiro atoms. The first-order valence-electron chi connectivity index (χ1n) is 2.16. The first-order valence-corrected chi connectivity index (χ1v) is 2.16. The van der Waals surface area contributed by atoms with Crippen LogP contribution in [0.15, 0.2) is 30.3 Å². The van der Waals surface area contributed by atoms with Crippen LogP contribution >= 0.6 is 0 Å². The molecule has 44 valence electrons. The number of nitrogens with one attached hydrogen (secondary N) is 1. The minimum Gasteiger partial charge on any atom is -0.699 e. The van der Waals surface area contributed by atoms with Gasteiger partial charge in [0.1, 0.15) is 0 Å². The van der Waals surface area contributed by atoms with Crippen LogP contribution in [0.25, 0.3) is 5.73 Å². The predicted octanol–water partition coefficient (Wildman–Crippen LogP) is 2.44. The normalized spacial score (nSPS) is 6.67. The molecule has 0 aliphatic heterocycles. The largest absolute Gasteiger partial charge is 2.00 e. The summed E-state index contributed by atoms with van der Waals surface area (Å²) in [5.41, 5.74) is 7.57. The molecule has 0 fully saturated rings. The van der Waals surface area contributed by atoms with Crippen molar-refractivity contribution in [1.29, 1.82) is 0 Å². The van der Waals surface area contributed by atoms with E-state index in [0.717, 1.165) is 0 Å². The van der Waals surface area contributed by atoms with Crippen molar-refractivity contribution in [3.05, 3.63) is 43.5 Å². The maximum atomic E-state index is 7.00. The molecule has 1 N–H and O–H groups in total. The molecule has 0 atom stereocenters. The summed E-state index contributed by atoms with van der Waals surface area (Å²) in [6, 6.07) is 9.10. The molecule has 0 aromatic heterocycles. The Hall–Kier alpha value is -0.214. The standard InChI is InChI=1S/C6H6N.CH3.Mg/c7-6-4-2-1-3-5-6;;/h1-5,7H;1H3;/q2*-1;+2. The van der Waals surface area contributed by atoms with E-state index in [0.29, 0.717) is 5.69 Å². The molecule has 9 heavy (non-hydrogen) atoms. The van der Waals surface area contributed by atoms with E-state index >= 15 is 0 Å². The molecule has 0 amide bonds. The predicted molar refractivity (Wildman–Crippen MR) is 42.6 cm³/mol. The van der Waals surface area contributed by atoms with E-state index in [1.807, 2.05) is 18.2 Å². The van der Waals surface area contributed by atoms with E-state index in [2.05, 4.69) is 0 Å². The summed E-state index contributed by atoms with van der Waals surface area (Å²) in [7, 11) is 0. The van der Waals surface area contributed by atoms with Crippen LogP contribution in [0, 0.1) is 7.43 Å². The second-order valence-electron chi connectivity index (χ2n) is 1.37. The molecular weight excluding hydrogens is 122 g/mol. The Balaban J connectivity index is 0. The van der Waals surface area contributed by atoms with Gasteiger partial charge in [-0.05, 0) is 0 Å². The summed E-state index contributed by atoms with van der Waals surface area (Å²) in [5.74, 6) is 0. The summed E-state index contributed by atoms with van der Waals surface area (Å²) in [5, 5.41) is 0. The van der Waals surface area contributed by atoms with Crippen LogP contribution in [0.2, 0.25) is 0 Å². The van der Waals surface area contributed by atoms with Crippen LogP contribution in [0.5, 0.6) is 0 Å².